The molecule has 0 aliphatic rings. The van der Waals surface area contributed by atoms with Gasteiger partial charge < -0.3 is 18.9 Å². The van der Waals surface area contributed by atoms with Crippen LogP contribution in [-0.4, -0.2) is 49.2 Å². The topological polar surface area (TPSA) is 121 Å². The molecule has 0 aliphatic heterocycles. The molecule has 0 saturated heterocycles. The van der Waals surface area contributed by atoms with Crippen LogP contribution in [0.15, 0.2) is 24.3 Å². The lowest BCUT2D eigenvalue weighted by atomic mass is 10.2. The first-order valence-electron chi connectivity index (χ1n) is 9.75. The molecule has 3 rings (SSSR count). The van der Waals surface area contributed by atoms with Crippen molar-refractivity contribution in [2.45, 2.75) is 20.5 Å². The lowest BCUT2D eigenvalue weighted by Crippen LogP contribution is -2.43. The molecule has 0 aliphatic carbocycles. The maximum Gasteiger partial charge on any atom is 0.280 e. The Kier molecular flexibility index (Phi) is 7.79. The number of hydrogen-bond acceptors (Lipinski definition) is 9. The van der Waals surface area contributed by atoms with E-state index in [0.29, 0.717) is 50.5 Å². The molecule has 0 spiro atoms. The van der Waals surface area contributed by atoms with Gasteiger partial charge in [-0.15, -0.1) is 11.3 Å². The van der Waals surface area contributed by atoms with Gasteiger partial charge in [-0.1, -0.05) is 12.1 Å². The molecule has 11 heteroatoms. The SMILES string of the molecule is CCOc1ccccc1OCC(=O)NNC(=O)c1sc2nc(COC)nc(OC)c2c1C. The third-order valence-electron chi connectivity index (χ3n) is 4.30. The highest BCUT2D eigenvalue weighted by Crippen LogP contribution is 2.35. The van der Waals surface area contributed by atoms with E-state index in [4.69, 9.17) is 18.9 Å². The number of para-hydroxylation sites is 2. The molecular weight excluding hydrogens is 436 g/mol. The Morgan fingerprint density at radius 1 is 1.06 bits per heavy atom. The molecule has 0 atom stereocenters. The summed E-state index contributed by atoms with van der Waals surface area (Å²) < 4.78 is 21.4. The van der Waals surface area contributed by atoms with E-state index in [-0.39, 0.29) is 13.2 Å². The number of hydrazine groups is 1. The number of amides is 2. The van der Waals surface area contributed by atoms with E-state index in [1.54, 1.807) is 32.2 Å². The smallest absolute Gasteiger partial charge is 0.280 e. The van der Waals surface area contributed by atoms with Crippen LogP contribution in [0.4, 0.5) is 0 Å². The Bertz CT molecular complexity index is 1120. The van der Waals surface area contributed by atoms with Gasteiger partial charge in [0.15, 0.2) is 23.9 Å². The highest BCUT2D eigenvalue weighted by Gasteiger charge is 2.21. The minimum Gasteiger partial charge on any atom is -0.490 e. The number of thiophene rings is 1. The summed E-state index contributed by atoms with van der Waals surface area (Å²) in [4.78, 5) is 34.5. The van der Waals surface area contributed by atoms with Gasteiger partial charge in [0.05, 0.1) is 24.0 Å². The predicted molar refractivity (Wildman–Crippen MR) is 118 cm³/mol. The zero-order valence-corrected chi connectivity index (χ0v) is 19.0. The lowest BCUT2D eigenvalue weighted by Gasteiger charge is -2.12. The van der Waals surface area contributed by atoms with Crippen LogP contribution in [0.2, 0.25) is 0 Å². The number of aryl methyl sites for hydroxylation is 1. The van der Waals surface area contributed by atoms with E-state index in [1.165, 1.54) is 18.4 Å². The second-order valence-corrected chi connectivity index (χ2v) is 7.49. The molecule has 10 nitrogen and oxygen atoms in total. The van der Waals surface area contributed by atoms with E-state index in [1.807, 2.05) is 13.0 Å². The Morgan fingerprint density at radius 2 is 1.78 bits per heavy atom. The summed E-state index contributed by atoms with van der Waals surface area (Å²) in [5, 5.41) is 0.643. The second kappa shape index (κ2) is 10.7. The van der Waals surface area contributed by atoms with E-state index in [9.17, 15) is 9.59 Å². The Morgan fingerprint density at radius 3 is 2.44 bits per heavy atom. The lowest BCUT2D eigenvalue weighted by molar-refractivity contribution is -0.123. The summed E-state index contributed by atoms with van der Waals surface area (Å²) in [6.45, 7) is 4.02. The fourth-order valence-electron chi connectivity index (χ4n) is 2.91. The fraction of sp³-hybridized carbons (Fsp3) is 0.333. The van der Waals surface area contributed by atoms with E-state index in [0.717, 1.165) is 0 Å². The minimum atomic E-state index is -0.525. The number of carbonyl (C=O) groups is 2. The molecule has 0 unspecified atom stereocenters. The van der Waals surface area contributed by atoms with Crippen LogP contribution < -0.4 is 25.1 Å². The number of nitrogens with one attached hydrogen (secondary N) is 2. The van der Waals surface area contributed by atoms with Crippen LogP contribution in [0, 0.1) is 6.92 Å². The van der Waals surface area contributed by atoms with Gasteiger partial charge in [0.2, 0.25) is 5.88 Å². The molecule has 3 aromatic rings. The van der Waals surface area contributed by atoms with Gasteiger partial charge in [0.25, 0.3) is 11.8 Å². The summed E-state index contributed by atoms with van der Waals surface area (Å²) in [5.74, 6) is 0.777. The van der Waals surface area contributed by atoms with E-state index >= 15 is 0 Å². The molecule has 32 heavy (non-hydrogen) atoms. The number of aromatic nitrogens is 2. The number of nitrogens with zero attached hydrogens (tertiary/aromatic N) is 2. The number of ether oxygens (including phenoxy) is 4. The molecule has 170 valence electrons. The van der Waals surface area contributed by atoms with Crippen LogP contribution in [0.1, 0.15) is 28.0 Å². The molecule has 1 aromatic carbocycles. The average Bonchev–Trinajstić information content (AvgIpc) is 3.13. The zero-order chi connectivity index (χ0) is 23.1. The summed E-state index contributed by atoms with van der Waals surface area (Å²) in [6, 6.07) is 7.03. The number of carbonyl (C=O) groups excluding carboxylic acids is 2. The van der Waals surface area contributed by atoms with Gasteiger partial charge in [-0.05, 0) is 31.5 Å². The van der Waals surface area contributed by atoms with Crippen molar-refractivity contribution in [1.82, 2.24) is 20.8 Å². The first-order valence-corrected chi connectivity index (χ1v) is 10.6. The van der Waals surface area contributed by atoms with Crippen molar-refractivity contribution >= 4 is 33.4 Å². The Hall–Kier alpha value is -3.44. The van der Waals surface area contributed by atoms with Crippen molar-refractivity contribution in [3.8, 4) is 17.4 Å². The number of hydrogen-bond donors (Lipinski definition) is 2. The van der Waals surface area contributed by atoms with Crippen molar-refractivity contribution in [2.75, 3.05) is 27.4 Å². The summed E-state index contributed by atoms with van der Waals surface area (Å²) in [5.41, 5.74) is 5.40. The molecule has 2 heterocycles. The number of rotatable bonds is 9. The third kappa shape index (κ3) is 5.24. The van der Waals surface area contributed by atoms with Gasteiger partial charge in [0.1, 0.15) is 11.4 Å². The van der Waals surface area contributed by atoms with Crippen molar-refractivity contribution in [1.29, 1.82) is 0 Å². The van der Waals surface area contributed by atoms with Crippen molar-refractivity contribution in [3.63, 3.8) is 0 Å². The van der Waals surface area contributed by atoms with E-state index in [2.05, 4.69) is 20.8 Å². The number of fused-ring (bicyclic) bond motifs is 1. The molecule has 0 saturated carbocycles. The van der Waals surface area contributed by atoms with Crippen LogP contribution in [-0.2, 0) is 16.1 Å². The summed E-state index contributed by atoms with van der Waals surface area (Å²) in [7, 11) is 3.04. The second-order valence-electron chi connectivity index (χ2n) is 6.49. The fourth-order valence-corrected chi connectivity index (χ4v) is 3.99. The molecule has 0 radical (unpaired) electrons. The Labute approximate surface area is 188 Å². The monoisotopic (exact) mass is 460 g/mol. The van der Waals surface area contributed by atoms with Crippen LogP contribution in [0.25, 0.3) is 10.2 Å². The first kappa shape index (κ1) is 23.2. The Balaban J connectivity index is 1.66. The molecule has 2 amide bonds. The maximum atomic E-state index is 12.7. The van der Waals surface area contributed by atoms with Crippen LogP contribution in [0.5, 0.6) is 17.4 Å². The highest BCUT2D eigenvalue weighted by atomic mass is 32.1. The number of benzene rings is 1. The van der Waals surface area contributed by atoms with Gasteiger partial charge in [-0.25, -0.2) is 4.98 Å². The van der Waals surface area contributed by atoms with Gasteiger partial charge in [-0.2, -0.15) is 4.98 Å². The highest BCUT2D eigenvalue weighted by molar-refractivity contribution is 7.20. The minimum absolute atomic E-state index is 0.216. The maximum absolute atomic E-state index is 12.7. The van der Waals surface area contributed by atoms with Crippen molar-refractivity contribution in [3.05, 3.63) is 40.5 Å². The van der Waals surface area contributed by atoms with Crippen LogP contribution >= 0.6 is 11.3 Å². The molecular formula is C21H24N4O6S. The van der Waals surface area contributed by atoms with Gasteiger partial charge in [0, 0.05) is 7.11 Å². The molecule has 0 bridgehead atoms. The standard InChI is InChI=1S/C21H24N4O6S/c1-5-30-13-8-6-7-9-14(13)31-11-16(26)24-25-19(27)18-12(2)17-20(29-4)22-15(10-28-3)23-21(17)32-18/h6-9H,5,10-11H2,1-4H3,(H,24,26)(H,25,27). The average molecular weight is 461 g/mol. The van der Waals surface area contributed by atoms with E-state index < -0.39 is 11.8 Å². The normalized spacial score (nSPS) is 10.6. The van der Waals surface area contributed by atoms with Gasteiger partial charge >= 0.3 is 0 Å². The largest absolute Gasteiger partial charge is 0.490 e. The van der Waals surface area contributed by atoms with Crippen molar-refractivity contribution in [2.24, 2.45) is 0 Å². The molecule has 2 aromatic heterocycles. The predicted octanol–water partition coefficient (Wildman–Crippen LogP) is 2.39. The number of methoxy groups -OCH3 is 2. The third-order valence-corrected chi connectivity index (χ3v) is 5.48. The summed E-state index contributed by atoms with van der Waals surface area (Å²) >= 11 is 1.17. The van der Waals surface area contributed by atoms with Gasteiger partial charge in [-0.3, -0.25) is 20.4 Å². The molecule has 0 fully saturated rings. The van der Waals surface area contributed by atoms with Crippen LogP contribution in [0.3, 0.4) is 0 Å². The zero-order valence-electron chi connectivity index (χ0n) is 18.2. The summed E-state index contributed by atoms with van der Waals surface area (Å²) in [6.07, 6.45) is 0. The molecule has 2 N–H and O–H groups in total. The van der Waals surface area contributed by atoms with Crippen molar-refractivity contribution < 1.29 is 28.5 Å². The first-order chi connectivity index (χ1) is 15.5. The quantitative estimate of drug-likeness (QED) is 0.467.